The van der Waals surface area contributed by atoms with Crippen LogP contribution in [0.25, 0.3) is 5.69 Å². The van der Waals surface area contributed by atoms with Crippen LogP contribution >= 0.6 is 11.6 Å². The Kier molecular flexibility index (Phi) is 5.10. The number of likely N-dealkylation sites (N-methyl/N-ethyl adjacent to an activating group) is 1. The van der Waals surface area contributed by atoms with Crippen molar-refractivity contribution in [1.82, 2.24) is 19.9 Å². The molecule has 0 aliphatic carbocycles. The zero-order chi connectivity index (χ0) is 16.3. The van der Waals surface area contributed by atoms with E-state index in [9.17, 15) is 9.18 Å². The van der Waals surface area contributed by atoms with E-state index in [0.717, 1.165) is 0 Å². The molecule has 1 heterocycles. The van der Waals surface area contributed by atoms with Gasteiger partial charge < -0.3 is 10.0 Å². The lowest BCUT2D eigenvalue weighted by Gasteiger charge is -2.18. The van der Waals surface area contributed by atoms with Gasteiger partial charge in [-0.25, -0.2) is 9.07 Å². The van der Waals surface area contributed by atoms with Crippen molar-refractivity contribution in [1.29, 1.82) is 0 Å². The third-order valence-electron chi connectivity index (χ3n) is 3.28. The summed E-state index contributed by atoms with van der Waals surface area (Å²) in [5, 5.41) is 16.8. The number of carbonyl (C=O) groups excluding carboxylic acids is 1. The van der Waals surface area contributed by atoms with Crippen LogP contribution in [0.4, 0.5) is 4.39 Å². The standard InChI is InChI=1S/C14H16ClFN4O2/c1-3-19(6-7-21)14(22)13-9(2)20(18-17-13)10-4-5-12(16)11(15)8-10/h4-5,8,21H,3,6-7H2,1-2H3. The van der Waals surface area contributed by atoms with E-state index < -0.39 is 5.82 Å². The molecule has 1 N–H and O–H groups in total. The topological polar surface area (TPSA) is 71.2 Å². The van der Waals surface area contributed by atoms with Crippen LogP contribution in [0, 0.1) is 12.7 Å². The zero-order valence-electron chi connectivity index (χ0n) is 12.3. The molecule has 0 unspecified atom stereocenters. The summed E-state index contributed by atoms with van der Waals surface area (Å²) in [5.41, 5.74) is 1.22. The summed E-state index contributed by atoms with van der Waals surface area (Å²) in [4.78, 5) is 13.8. The van der Waals surface area contributed by atoms with Crippen LogP contribution in [0.3, 0.4) is 0 Å². The van der Waals surface area contributed by atoms with Gasteiger partial charge in [0.05, 0.1) is 23.0 Å². The Bertz CT molecular complexity index is 689. The van der Waals surface area contributed by atoms with Gasteiger partial charge in [-0.1, -0.05) is 16.8 Å². The smallest absolute Gasteiger partial charge is 0.276 e. The summed E-state index contributed by atoms with van der Waals surface area (Å²) in [7, 11) is 0. The first-order valence-electron chi connectivity index (χ1n) is 6.77. The minimum atomic E-state index is -0.528. The molecular weight excluding hydrogens is 311 g/mol. The summed E-state index contributed by atoms with van der Waals surface area (Å²) in [5.74, 6) is -0.840. The van der Waals surface area contributed by atoms with Crippen LogP contribution in [0.2, 0.25) is 5.02 Å². The van der Waals surface area contributed by atoms with Gasteiger partial charge in [-0.3, -0.25) is 4.79 Å². The number of rotatable bonds is 5. The van der Waals surface area contributed by atoms with E-state index in [1.165, 1.54) is 27.8 Å². The number of hydrogen-bond acceptors (Lipinski definition) is 4. The molecule has 118 valence electrons. The first kappa shape index (κ1) is 16.4. The largest absolute Gasteiger partial charge is 0.395 e. The Morgan fingerprint density at radius 3 is 2.82 bits per heavy atom. The molecule has 0 aliphatic heterocycles. The van der Waals surface area contributed by atoms with Crippen molar-refractivity contribution < 1.29 is 14.3 Å². The fraction of sp³-hybridized carbons (Fsp3) is 0.357. The number of nitrogens with zero attached hydrogens (tertiary/aromatic N) is 4. The first-order valence-corrected chi connectivity index (χ1v) is 7.15. The van der Waals surface area contributed by atoms with E-state index >= 15 is 0 Å². The average Bonchev–Trinajstić information content (AvgIpc) is 2.88. The number of aliphatic hydroxyl groups excluding tert-OH is 1. The molecule has 0 fully saturated rings. The maximum atomic E-state index is 13.2. The minimum Gasteiger partial charge on any atom is -0.395 e. The fourth-order valence-electron chi connectivity index (χ4n) is 2.06. The highest BCUT2D eigenvalue weighted by atomic mass is 35.5. The van der Waals surface area contributed by atoms with Crippen LogP contribution in [0.15, 0.2) is 18.2 Å². The van der Waals surface area contributed by atoms with Crippen molar-refractivity contribution in [2.75, 3.05) is 19.7 Å². The second-order valence-electron chi connectivity index (χ2n) is 4.64. The lowest BCUT2D eigenvalue weighted by molar-refractivity contribution is 0.0725. The number of hydrogen-bond donors (Lipinski definition) is 1. The molecule has 0 atom stereocenters. The molecule has 0 spiro atoms. The molecule has 0 radical (unpaired) electrons. The lowest BCUT2D eigenvalue weighted by atomic mass is 10.2. The van der Waals surface area contributed by atoms with Gasteiger partial charge in [0.25, 0.3) is 5.91 Å². The van der Waals surface area contributed by atoms with Crippen molar-refractivity contribution in [2.45, 2.75) is 13.8 Å². The van der Waals surface area contributed by atoms with Crippen molar-refractivity contribution >= 4 is 17.5 Å². The highest BCUT2D eigenvalue weighted by Gasteiger charge is 2.22. The molecule has 0 saturated heterocycles. The molecule has 1 aromatic heterocycles. The van der Waals surface area contributed by atoms with E-state index in [1.807, 2.05) is 6.92 Å². The van der Waals surface area contributed by atoms with Gasteiger partial charge in [-0.2, -0.15) is 0 Å². The predicted molar refractivity (Wildman–Crippen MR) is 79.7 cm³/mol. The van der Waals surface area contributed by atoms with Gasteiger partial charge in [0.2, 0.25) is 0 Å². The van der Waals surface area contributed by atoms with Gasteiger partial charge in [-0.15, -0.1) is 5.10 Å². The summed E-state index contributed by atoms with van der Waals surface area (Å²) in [6.07, 6.45) is 0. The average molecular weight is 327 g/mol. The van der Waals surface area contributed by atoms with Gasteiger partial charge in [0.15, 0.2) is 5.69 Å². The van der Waals surface area contributed by atoms with E-state index in [4.69, 9.17) is 16.7 Å². The fourth-order valence-corrected chi connectivity index (χ4v) is 2.24. The van der Waals surface area contributed by atoms with Crippen molar-refractivity contribution in [3.8, 4) is 5.69 Å². The molecule has 0 saturated carbocycles. The van der Waals surface area contributed by atoms with E-state index in [1.54, 1.807) is 6.92 Å². The Labute approximate surface area is 132 Å². The number of halogens is 2. The summed E-state index contributed by atoms with van der Waals surface area (Å²) in [6, 6.07) is 4.14. The van der Waals surface area contributed by atoms with Crippen LogP contribution in [0.1, 0.15) is 23.1 Å². The van der Waals surface area contributed by atoms with Gasteiger partial charge in [-0.05, 0) is 32.0 Å². The molecule has 8 heteroatoms. The Balaban J connectivity index is 2.36. The minimum absolute atomic E-state index is 0.0317. The maximum absolute atomic E-state index is 13.2. The van der Waals surface area contributed by atoms with E-state index in [0.29, 0.717) is 17.9 Å². The van der Waals surface area contributed by atoms with Gasteiger partial charge in [0, 0.05) is 13.1 Å². The molecule has 2 rings (SSSR count). The molecule has 1 aromatic carbocycles. The van der Waals surface area contributed by atoms with Crippen molar-refractivity contribution in [3.63, 3.8) is 0 Å². The van der Waals surface area contributed by atoms with Crippen LogP contribution < -0.4 is 0 Å². The summed E-state index contributed by atoms with van der Waals surface area (Å²) < 4.78 is 14.6. The van der Waals surface area contributed by atoms with Crippen molar-refractivity contribution in [3.05, 3.63) is 40.4 Å². The van der Waals surface area contributed by atoms with Crippen LogP contribution in [-0.2, 0) is 0 Å². The van der Waals surface area contributed by atoms with Crippen molar-refractivity contribution in [2.24, 2.45) is 0 Å². The highest BCUT2D eigenvalue weighted by Crippen LogP contribution is 2.20. The normalized spacial score (nSPS) is 10.8. The summed E-state index contributed by atoms with van der Waals surface area (Å²) in [6.45, 7) is 4.06. The summed E-state index contributed by atoms with van der Waals surface area (Å²) >= 11 is 5.76. The predicted octanol–water partition coefficient (Wildman–Crippen LogP) is 1.82. The van der Waals surface area contributed by atoms with Crippen LogP contribution in [0.5, 0.6) is 0 Å². The highest BCUT2D eigenvalue weighted by molar-refractivity contribution is 6.30. The zero-order valence-corrected chi connectivity index (χ0v) is 13.0. The van der Waals surface area contributed by atoms with Gasteiger partial charge >= 0.3 is 0 Å². The molecule has 0 bridgehead atoms. The number of benzene rings is 1. The molecule has 2 aromatic rings. The lowest BCUT2D eigenvalue weighted by Crippen LogP contribution is -2.34. The molecule has 0 aliphatic rings. The molecule has 1 amide bonds. The second kappa shape index (κ2) is 6.85. The number of aliphatic hydroxyl groups is 1. The van der Waals surface area contributed by atoms with Crippen LogP contribution in [-0.4, -0.2) is 50.6 Å². The Hall–Kier alpha value is -1.99. The maximum Gasteiger partial charge on any atom is 0.276 e. The van der Waals surface area contributed by atoms with Gasteiger partial charge in [0.1, 0.15) is 5.82 Å². The van der Waals surface area contributed by atoms with E-state index in [2.05, 4.69) is 10.3 Å². The molecule has 22 heavy (non-hydrogen) atoms. The Morgan fingerprint density at radius 2 is 2.23 bits per heavy atom. The quantitative estimate of drug-likeness (QED) is 0.910. The SMILES string of the molecule is CCN(CCO)C(=O)c1nnn(-c2ccc(F)c(Cl)c2)c1C. The van der Waals surface area contributed by atoms with E-state index in [-0.39, 0.29) is 29.8 Å². The number of carbonyl (C=O) groups is 1. The molecule has 6 nitrogen and oxygen atoms in total. The monoisotopic (exact) mass is 326 g/mol. The number of amides is 1. The third-order valence-corrected chi connectivity index (χ3v) is 3.57. The number of aromatic nitrogens is 3. The third kappa shape index (κ3) is 3.10. The Morgan fingerprint density at radius 1 is 1.50 bits per heavy atom. The second-order valence-corrected chi connectivity index (χ2v) is 5.05. The first-order chi connectivity index (χ1) is 10.5. The molecular formula is C14H16ClFN4O2.